The summed E-state index contributed by atoms with van der Waals surface area (Å²) in [7, 11) is 1.22. The van der Waals surface area contributed by atoms with Gasteiger partial charge in [-0.1, -0.05) is 6.07 Å². The highest BCUT2D eigenvalue weighted by atomic mass is 19.4. The zero-order chi connectivity index (χ0) is 22.5. The Kier molecular flexibility index (Phi) is 4.87. The monoisotopic (exact) mass is 438 g/mol. The second-order valence-corrected chi connectivity index (χ2v) is 6.00. The minimum absolute atomic E-state index is 0.0396. The molecule has 2 aromatic carbocycles. The van der Waals surface area contributed by atoms with Gasteiger partial charge >= 0.3 is 18.0 Å². The van der Waals surface area contributed by atoms with Crippen LogP contribution < -0.4 is 4.74 Å². The Hall–Kier alpha value is -3.38. The molecule has 0 fully saturated rings. The lowest BCUT2D eigenvalue weighted by Crippen LogP contribution is -2.50. The third kappa shape index (κ3) is 3.29. The van der Waals surface area contributed by atoms with Gasteiger partial charge in [0.1, 0.15) is 11.3 Å². The lowest BCUT2D eigenvalue weighted by atomic mass is 9.94. The molecule has 0 amide bonds. The number of ether oxygens (including phenoxy) is 1. The summed E-state index contributed by atoms with van der Waals surface area (Å²) in [5.74, 6) is -0.344. The van der Waals surface area contributed by atoms with Crippen LogP contribution in [-0.4, -0.2) is 29.4 Å². The van der Waals surface area contributed by atoms with Gasteiger partial charge < -0.3 is 9.15 Å². The van der Waals surface area contributed by atoms with Gasteiger partial charge in [-0.05, 0) is 18.2 Å². The Balaban J connectivity index is 2.19. The van der Waals surface area contributed by atoms with Crippen molar-refractivity contribution >= 4 is 16.8 Å². The lowest BCUT2D eigenvalue weighted by Gasteiger charge is -2.30. The molecule has 0 aliphatic carbocycles. The fourth-order valence-corrected chi connectivity index (χ4v) is 2.72. The van der Waals surface area contributed by atoms with Crippen LogP contribution in [0.25, 0.3) is 22.6 Å². The molecule has 30 heavy (non-hydrogen) atoms. The van der Waals surface area contributed by atoms with Crippen molar-refractivity contribution in [1.29, 1.82) is 0 Å². The molecule has 6 nitrogen and oxygen atoms in total. The van der Waals surface area contributed by atoms with Gasteiger partial charge in [0, 0.05) is 17.7 Å². The molecule has 1 heterocycles. The molecule has 0 bridgehead atoms. The fraction of sp³-hybridized carbons (Fsp3) is 0.235. The van der Waals surface area contributed by atoms with E-state index in [-0.39, 0.29) is 28.8 Å². The summed E-state index contributed by atoms with van der Waals surface area (Å²) in [6.45, 7) is 0. The number of nitrogens with zero attached hydrogens (tertiary/aromatic N) is 2. The van der Waals surface area contributed by atoms with Gasteiger partial charge in [0.25, 0.3) is 5.69 Å². The number of methoxy groups -OCH3 is 1. The van der Waals surface area contributed by atoms with Crippen LogP contribution in [0.15, 0.2) is 40.8 Å². The summed E-state index contributed by atoms with van der Waals surface area (Å²) in [5, 5.41) is 11.0. The van der Waals surface area contributed by atoms with Crippen LogP contribution in [0.1, 0.15) is 5.56 Å². The zero-order valence-electron chi connectivity index (χ0n) is 14.6. The Morgan fingerprint density at radius 2 is 1.63 bits per heavy atom. The highest BCUT2D eigenvalue weighted by molar-refractivity contribution is 5.79. The number of nitro benzene ring substituents is 1. The SMILES string of the molecule is COc1ccc([N+](=O)[O-])cc1-c1nc2ccc(C(F)(C(F)(F)F)C(F)(F)F)cc2o1. The minimum atomic E-state index is -6.29. The van der Waals surface area contributed by atoms with Gasteiger partial charge in [0.15, 0.2) is 5.58 Å². The van der Waals surface area contributed by atoms with E-state index in [0.717, 1.165) is 12.1 Å². The number of halogens is 7. The average Bonchev–Trinajstić information content (AvgIpc) is 3.07. The molecule has 0 unspecified atom stereocenters. The van der Waals surface area contributed by atoms with E-state index < -0.39 is 39.8 Å². The number of non-ortho nitro benzene ring substituents is 1. The minimum Gasteiger partial charge on any atom is -0.496 e. The third-order valence-corrected chi connectivity index (χ3v) is 4.19. The van der Waals surface area contributed by atoms with Crippen molar-refractivity contribution in [3.8, 4) is 17.2 Å². The van der Waals surface area contributed by atoms with Gasteiger partial charge in [0.2, 0.25) is 5.89 Å². The molecule has 3 rings (SSSR count). The summed E-state index contributed by atoms with van der Waals surface area (Å²) < 4.78 is 102. The maximum absolute atomic E-state index is 14.2. The first-order valence-corrected chi connectivity index (χ1v) is 7.86. The second kappa shape index (κ2) is 6.85. The first-order chi connectivity index (χ1) is 13.8. The number of fused-ring (bicyclic) bond motifs is 1. The lowest BCUT2D eigenvalue weighted by molar-refractivity contribution is -0.384. The van der Waals surface area contributed by atoms with Crippen molar-refractivity contribution < 1.29 is 44.8 Å². The van der Waals surface area contributed by atoms with Crippen LogP contribution in [0.4, 0.5) is 36.4 Å². The molecule has 0 radical (unpaired) electrons. The number of rotatable bonds is 4. The number of alkyl halides is 7. The number of aromatic nitrogens is 1. The van der Waals surface area contributed by atoms with Crippen LogP contribution in [-0.2, 0) is 5.67 Å². The van der Waals surface area contributed by atoms with Crippen molar-refractivity contribution in [3.63, 3.8) is 0 Å². The summed E-state index contributed by atoms with van der Waals surface area (Å²) in [5.41, 5.74) is -8.65. The predicted octanol–water partition coefficient (Wildman–Crippen LogP) is 5.70. The van der Waals surface area contributed by atoms with E-state index in [9.17, 15) is 40.8 Å². The Morgan fingerprint density at radius 3 is 2.17 bits per heavy atom. The van der Waals surface area contributed by atoms with Crippen LogP contribution in [0.2, 0.25) is 0 Å². The highest BCUT2D eigenvalue weighted by Crippen LogP contribution is 2.53. The van der Waals surface area contributed by atoms with Crippen molar-refractivity contribution in [1.82, 2.24) is 4.98 Å². The topological polar surface area (TPSA) is 78.4 Å². The molecule has 1 aromatic heterocycles. The van der Waals surface area contributed by atoms with Gasteiger partial charge in [-0.15, -0.1) is 0 Å². The van der Waals surface area contributed by atoms with Crippen LogP contribution in [0, 0.1) is 10.1 Å². The largest absolute Gasteiger partial charge is 0.496 e. The Morgan fingerprint density at radius 1 is 1.00 bits per heavy atom. The molecular weight excluding hydrogens is 429 g/mol. The molecule has 0 saturated carbocycles. The van der Waals surface area contributed by atoms with Crippen molar-refractivity contribution in [2.75, 3.05) is 7.11 Å². The summed E-state index contributed by atoms with van der Waals surface area (Å²) >= 11 is 0. The van der Waals surface area contributed by atoms with Crippen LogP contribution >= 0.6 is 0 Å². The molecule has 0 aliphatic heterocycles. The Bertz CT molecular complexity index is 1110. The van der Waals surface area contributed by atoms with Gasteiger partial charge in [0.05, 0.1) is 17.6 Å². The second-order valence-electron chi connectivity index (χ2n) is 6.00. The van der Waals surface area contributed by atoms with Crippen LogP contribution in [0.5, 0.6) is 5.75 Å². The normalized spacial score (nSPS) is 12.9. The smallest absolute Gasteiger partial charge is 0.435 e. The summed E-state index contributed by atoms with van der Waals surface area (Å²) in [6, 6.07) is 4.54. The van der Waals surface area contributed by atoms with E-state index in [1.165, 1.54) is 13.2 Å². The predicted molar refractivity (Wildman–Crippen MR) is 87.5 cm³/mol. The molecule has 0 saturated heterocycles. The highest BCUT2D eigenvalue weighted by Gasteiger charge is 2.73. The average molecular weight is 438 g/mol. The maximum atomic E-state index is 14.2. The third-order valence-electron chi connectivity index (χ3n) is 4.19. The van der Waals surface area contributed by atoms with Crippen molar-refractivity contribution in [2.24, 2.45) is 0 Å². The molecular formula is C17H9F7N2O4. The number of oxazole rings is 1. The van der Waals surface area contributed by atoms with Gasteiger partial charge in [-0.2, -0.15) is 26.3 Å². The molecule has 160 valence electrons. The molecule has 0 N–H and O–H groups in total. The quantitative estimate of drug-likeness (QED) is 0.297. The number of benzene rings is 2. The first kappa shape index (κ1) is 21.3. The fourth-order valence-electron chi connectivity index (χ4n) is 2.72. The summed E-state index contributed by atoms with van der Waals surface area (Å²) in [6.07, 6.45) is -12.6. The van der Waals surface area contributed by atoms with E-state index in [4.69, 9.17) is 9.15 Å². The zero-order valence-corrected chi connectivity index (χ0v) is 14.6. The molecule has 13 heteroatoms. The van der Waals surface area contributed by atoms with E-state index in [2.05, 4.69) is 4.98 Å². The number of hydrogen-bond acceptors (Lipinski definition) is 5. The molecule has 0 spiro atoms. The van der Waals surface area contributed by atoms with Crippen molar-refractivity contribution in [3.05, 3.63) is 52.1 Å². The van der Waals surface area contributed by atoms with Crippen LogP contribution in [0.3, 0.4) is 0 Å². The van der Waals surface area contributed by atoms with Crippen molar-refractivity contribution in [2.45, 2.75) is 18.0 Å². The summed E-state index contributed by atoms with van der Waals surface area (Å²) in [4.78, 5) is 14.1. The first-order valence-electron chi connectivity index (χ1n) is 7.86. The van der Waals surface area contributed by atoms with E-state index in [1.807, 2.05) is 0 Å². The Labute approximate surface area is 162 Å². The number of hydrogen-bond donors (Lipinski definition) is 0. The van der Waals surface area contributed by atoms with E-state index >= 15 is 0 Å². The molecule has 0 aliphatic rings. The van der Waals surface area contributed by atoms with Gasteiger partial charge in [-0.3, -0.25) is 10.1 Å². The van der Waals surface area contributed by atoms with Gasteiger partial charge in [-0.25, -0.2) is 9.37 Å². The molecule has 3 aromatic rings. The molecule has 0 atom stereocenters. The number of nitro groups is 1. The standard InChI is InChI=1S/C17H9F7N2O4/c1-29-12-5-3-9(26(27)28)7-10(12)14-25-11-4-2-8(6-13(11)30-14)15(18,16(19,20)21)17(22,23)24/h2-7H,1H3. The maximum Gasteiger partial charge on any atom is 0.435 e. The van der Waals surface area contributed by atoms with E-state index in [0.29, 0.717) is 12.1 Å². The van der Waals surface area contributed by atoms with E-state index in [1.54, 1.807) is 0 Å².